The Morgan fingerprint density at radius 3 is 2.00 bits per heavy atom. The first-order valence-corrected chi connectivity index (χ1v) is 5.40. The molecule has 0 fully saturated rings. The van der Waals surface area contributed by atoms with Crippen LogP contribution in [-0.2, 0) is 11.4 Å². The molecule has 106 valence electrons. The van der Waals surface area contributed by atoms with Gasteiger partial charge in [-0.15, -0.1) is 0 Å². The average molecular weight is 272 g/mol. The first-order valence-electron chi connectivity index (χ1n) is 5.40. The van der Waals surface area contributed by atoms with E-state index in [1.54, 1.807) is 0 Å². The Labute approximate surface area is 109 Å². The number of hydrogen-bond donors (Lipinski definition) is 4. The summed E-state index contributed by atoms with van der Waals surface area (Å²) in [5.74, 6) is -1.32. The maximum atomic E-state index is 10.7. The minimum atomic E-state index is -2.01. The number of aliphatic hydroxyl groups is 3. The number of rotatable bonds is 6. The van der Waals surface area contributed by atoms with Gasteiger partial charge < -0.3 is 29.9 Å². The van der Waals surface area contributed by atoms with Crippen molar-refractivity contribution in [2.45, 2.75) is 18.8 Å². The van der Waals surface area contributed by atoms with E-state index >= 15 is 0 Å². The molecule has 0 aliphatic carbocycles. The van der Waals surface area contributed by atoms with E-state index in [9.17, 15) is 15.0 Å². The molecule has 19 heavy (non-hydrogen) atoms. The molecule has 0 saturated heterocycles. The molecular weight excluding hydrogens is 256 g/mol. The van der Waals surface area contributed by atoms with E-state index < -0.39 is 18.2 Å². The van der Waals surface area contributed by atoms with Crippen LogP contribution in [0, 0.1) is 0 Å². The van der Waals surface area contributed by atoms with Gasteiger partial charge in [0.05, 0.1) is 26.4 Å². The van der Waals surface area contributed by atoms with Gasteiger partial charge >= 0.3 is 5.97 Å². The van der Waals surface area contributed by atoms with Crippen LogP contribution < -0.4 is 9.47 Å². The number of hydrogen-bond acceptors (Lipinski definition) is 6. The molecule has 0 radical (unpaired) electrons. The molecule has 0 bridgehead atoms. The summed E-state index contributed by atoms with van der Waals surface area (Å²) in [5, 5.41) is 37.1. The van der Waals surface area contributed by atoms with Crippen LogP contribution in [0.4, 0.5) is 0 Å². The number of carbonyl (C=O) groups is 1. The zero-order valence-corrected chi connectivity index (χ0v) is 10.5. The number of aliphatic carboxylic acids is 1. The molecular formula is C12H16O7. The van der Waals surface area contributed by atoms with Gasteiger partial charge in [-0.1, -0.05) is 0 Å². The number of methoxy groups -OCH3 is 2. The standard InChI is InChI=1S/C12H16O7/c1-18-7-3-6(5-13)4-8(19-2)9(7)10(14)11(15)12(16)17/h3-4,10-11,13-15H,5H2,1-2H3,(H,16,17). The Morgan fingerprint density at radius 1 is 1.21 bits per heavy atom. The van der Waals surface area contributed by atoms with Crippen molar-refractivity contribution in [3.63, 3.8) is 0 Å². The molecule has 0 aliphatic heterocycles. The maximum Gasteiger partial charge on any atom is 0.335 e. The van der Waals surface area contributed by atoms with E-state index in [4.69, 9.17) is 19.7 Å². The highest BCUT2D eigenvalue weighted by Crippen LogP contribution is 2.37. The number of ether oxygens (including phenoxy) is 2. The number of aliphatic hydroxyl groups excluding tert-OH is 3. The third kappa shape index (κ3) is 3.14. The monoisotopic (exact) mass is 272 g/mol. The first-order chi connectivity index (χ1) is 8.96. The minimum absolute atomic E-state index is 0.0112. The van der Waals surface area contributed by atoms with E-state index in [2.05, 4.69) is 0 Å². The van der Waals surface area contributed by atoms with E-state index in [0.29, 0.717) is 5.56 Å². The second kappa shape index (κ2) is 6.37. The fourth-order valence-electron chi connectivity index (χ4n) is 1.67. The van der Waals surface area contributed by atoms with E-state index in [0.717, 1.165) is 0 Å². The Bertz CT molecular complexity index is 432. The lowest BCUT2D eigenvalue weighted by atomic mass is 10.00. The van der Waals surface area contributed by atoms with E-state index in [1.807, 2.05) is 0 Å². The topological polar surface area (TPSA) is 116 Å². The zero-order valence-electron chi connectivity index (χ0n) is 10.5. The molecule has 2 unspecified atom stereocenters. The lowest BCUT2D eigenvalue weighted by Crippen LogP contribution is -2.28. The van der Waals surface area contributed by atoms with Gasteiger partial charge in [0.15, 0.2) is 6.10 Å². The van der Waals surface area contributed by atoms with E-state index in [1.165, 1.54) is 26.4 Å². The second-order valence-corrected chi connectivity index (χ2v) is 3.80. The van der Waals surface area contributed by atoms with Crippen molar-refractivity contribution in [3.8, 4) is 11.5 Å². The van der Waals surface area contributed by atoms with Crippen LogP contribution in [0.15, 0.2) is 12.1 Å². The highest BCUT2D eigenvalue weighted by Gasteiger charge is 2.30. The van der Waals surface area contributed by atoms with E-state index in [-0.39, 0.29) is 23.7 Å². The molecule has 1 aromatic rings. The Balaban J connectivity index is 3.35. The minimum Gasteiger partial charge on any atom is -0.496 e. The van der Waals surface area contributed by atoms with Crippen LogP contribution >= 0.6 is 0 Å². The molecule has 1 aromatic carbocycles. The van der Waals surface area contributed by atoms with Gasteiger partial charge in [-0.05, 0) is 17.7 Å². The van der Waals surface area contributed by atoms with Crippen molar-refractivity contribution < 1.29 is 34.7 Å². The molecule has 0 spiro atoms. The smallest absolute Gasteiger partial charge is 0.335 e. The largest absolute Gasteiger partial charge is 0.496 e. The molecule has 7 nitrogen and oxygen atoms in total. The molecule has 0 amide bonds. The van der Waals surface area contributed by atoms with Gasteiger partial charge in [0, 0.05) is 0 Å². The highest BCUT2D eigenvalue weighted by atomic mass is 16.5. The summed E-state index contributed by atoms with van der Waals surface area (Å²) in [6.45, 7) is -0.273. The van der Waals surface area contributed by atoms with Crippen LogP contribution in [0.1, 0.15) is 17.2 Å². The molecule has 0 saturated carbocycles. The van der Waals surface area contributed by atoms with Crippen LogP contribution in [0.5, 0.6) is 11.5 Å². The Morgan fingerprint density at radius 2 is 1.68 bits per heavy atom. The second-order valence-electron chi connectivity index (χ2n) is 3.80. The molecule has 7 heteroatoms. The lowest BCUT2D eigenvalue weighted by Gasteiger charge is -2.20. The normalized spacial score (nSPS) is 13.7. The Kier molecular flexibility index (Phi) is 5.11. The molecule has 2 atom stereocenters. The lowest BCUT2D eigenvalue weighted by molar-refractivity contribution is -0.153. The molecule has 1 rings (SSSR count). The van der Waals surface area contributed by atoms with Gasteiger partial charge in [-0.2, -0.15) is 0 Å². The fourth-order valence-corrected chi connectivity index (χ4v) is 1.67. The third-order valence-electron chi connectivity index (χ3n) is 2.63. The summed E-state index contributed by atoms with van der Waals surface area (Å²) in [5.41, 5.74) is 0.478. The van der Waals surface area contributed by atoms with Crippen LogP contribution in [0.3, 0.4) is 0 Å². The number of benzene rings is 1. The van der Waals surface area contributed by atoms with Crippen LogP contribution in [0.25, 0.3) is 0 Å². The van der Waals surface area contributed by atoms with Gasteiger partial charge in [0.1, 0.15) is 17.6 Å². The predicted molar refractivity (Wildman–Crippen MR) is 64.1 cm³/mol. The third-order valence-corrected chi connectivity index (χ3v) is 2.63. The zero-order chi connectivity index (χ0) is 14.6. The SMILES string of the molecule is COc1cc(CO)cc(OC)c1C(O)C(O)C(=O)O. The quantitative estimate of drug-likeness (QED) is 0.560. The Hall–Kier alpha value is -1.83. The van der Waals surface area contributed by atoms with Gasteiger partial charge in [-0.25, -0.2) is 4.79 Å². The number of carboxylic acid groups (broad SMARTS) is 1. The first kappa shape index (κ1) is 15.2. The number of carboxylic acids is 1. The predicted octanol–water partition coefficient (Wildman–Crippen LogP) is -0.325. The van der Waals surface area contributed by atoms with Gasteiger partial charge in [-0.3, -0.25) is 0 Å². The average Bonchev–Trinajstić information content (AvgIpc) is 2.43. The van der Waals surface area contributed by atoms with Crippen molar-refractivity contribution in [2.75, 3.05) is 14.2 Å². The van der Waals surface area contributed by atoms with Crippen molar-refractivity contribution >= 4 is 5.97 Å². The van der Waals surface area contributed by atoms with Gasteiger partial charge in [0.2, 0.25) is 0 Å². The van der Waals surface area contributed by atoms with Gasteiger partial charge in [0.25, 0.3) is 0 Å². The molecule has 0 heterocycles. The summed E-state index contributed by atoms with van der Waals surface area (Å²) in [7, 11) is 2.64. The molecule has 0 aromatic heterocycles. The van der Waals surface area contributed by atoms with Crippen molar-refractivity contribution in [3.05, 3.63) is 23.3 Å². The van der Waals surface area contributed by atoms with Crippen LogP contribution in [-0.4, -0.2) is 46.7 Å². The summed E-state index contributed by atoms with van der Waals surface area (Å²) < 4.78 is 10.1. The summed E-state index contributed by atoms with van der Waals surface area (Å²) in [6.07, 6.45) is -3.72. The summed E-state index contributed by atoms with van der Waals surface area (Å²) in [6, 6.07) is 2.85. The summed E-state index contributed by atoms with van der Waals surface area (Å²) >= 11 is 0. The van der Waals surface area contributed by atoms with Crippen molar-refractivity contribution in [1.82, 2.24) is 0 Å². The highest BCUT2D eigenvalue weighted by molar-refractivity contribution is 5.73. The molecule has 0 aliphatic rings. The fraction of sp³-hybridized carbons (Fsp3) is 0.417. The molecule has 4 N–H and O–H groups in total. The summed E-state index contributed by atoms with van der Waals surface area (Å²) in [4.78, 5) is 10.7. The van der Waals surface area contributed by atoms with Crippen molar-refractivity contribution in [1.29, 1.82) is 0 Å². The van der Waals surface area contributed by atoms with Crippen molar-refractivity contribution in [2.24, 2.45) is 0 Å². The van der Waals surface area contributed by atoms with Crippen LogP contribution in [0.2, 0.25) is 0 Å². The maximum absolute atomic E-state index is 10.7.